The molecule has 0 unspecified atom stereocenters. The first-order chi connectivity index (χ1) is 10.1. The second-order valence-corrected chi connectivity index (χ2v) is 7.41. The van der Waals surface area contributed by atoms with Crippen LogP contribution in [0.25, 0.3) is 0 Å². The fourth-order valence-corrected chi connectivity index (χ4v) is 3.77. The summed E-state index contributed by atoms with van der Waals surface area (Å²) in [6.07, 6.45) is 1.56. The average Bonchev–Trinajstić information content (AvgIpc) is 2.34. The number of likely N-dealkylation sites (tertiary alicyclic amines) is 1. The lowest BCUT2D eigenvalue weighted by Crippen LogP contribution is -2.66. The Morgan fingerprint density at radius 2 is 1.73 bits per heavy atom. The van der Waals surface area contributed by atoms with Crippen LogP contribution in [0.1, 0.15) is 46.1 Å². The highest BCUT2D eigenvalue weighted by Gasteiger charge is 2.46. The van der Waals surface area contributed by atoms with Crippen molar-refractivity contribution in [2.24, 2.45) is 5.73 Å². The monoisotopic (exact) mass is 307 g/mol. The number of nitrogens with zero attached hydrogens (tertiary/aromatic N) is 1. The van der Waals surface area contributed by atoms with E-state index in [0.717, 1.165) is 18.4 Å². The van der Waals surface area contributed by atoms with Gasteiger partial charge in [0.15, 0.2) is 0 Å². The average molecular weight is 307 g/mol. The molecular formula is C17H26FN3O. The Balaban J connectivity index is 2.08. The maximum absolute atomic E-state index is 12.9. The number of piperidine rings is 1. The summed E-state index contributed by atoms with van der Waals surface area (Å²) in [7, 11) is 0. The number of hydrogen-bond acceptors (Lipinski definition) is 2. The molecule has 1 heterocycles. The molecule has 2 rings (SSSR count). The van der Waals surface area contributed by atoms with E-state index in [2.05, 4.69) is 5.32 Å². The number of nitrogens with two attached hydrogens (primary N) is 1. The van der Waals surface area contributed by atoms with Gasteiger partial charge in [0.05, 0.1) is 0 Å². The van der Waals surface area contributed by atoms with Crippen molar-refractivity contribution in [2.75, 3.05) is 0 Å². The fraction of sp³-hybridized carbons (Fsp3) is 0.588. The smallest absolute Gasteiger partial charge is 0.318 e. The molecule has 1 fully saturated rings. The van der Waals surface area contributed by atoms with Crippen molar-refractivity contribution >= 4 is 6.03 Å². The Morgan fingerprint density at radius 1 is 1.23 bits per heavy atom. The van der Waals surface area contributed by atoms with Crippen LogP contribution in [0.2, 0.25) is 0 Å². The van der Waals surface area contributed by atoms with Gasteiger partial charge < -0.3 is 16.0 Å². The van der Waals surface area contributed by atoms with Crippen LogP contribution in [-0.4, -0.2) is 28.1 Å². The maximum Gasteiger partial charge on any atom is 0.318 e. The zero-order valence-electron chi connectivity index (χ0n) is 13.8. The van der Waals surface area contributed by atoms with E-state index in [-0.39, 0.29) is 29.0 Å². The van der Waals surface area contributed by atoms with E-state index in [1.807, 2.05) is 32.6 Å². The molecule has 5 heteroatoms. The molecule has 0 radical (unpaired) electrons. The van der Waals surface area contributed by atoms with Crippen molar-refractivity contribution in [1.29, 1.82) is 0 Å². The molecule has 4 nitrogen and oxygen atoms in total. The van der Waals surface area contributed by atoms with Crippen LogP contribution in [0, 0.1) is 5.82 Å². The summed E-state index contributed by atoms with van der Waals surface area (Å²) in [6.45, 7) is 8.57. The number of benzene rings is 1. The number of halogens is 1. The zero-order chi connectivity index (χ0) is 16.5. The Hall–Kier alpha value is -1.62. The van der Waals surface area contributed by atoms with Gasteiger partial charge in [0.1, 0.15) is 5.82 Å². The van der Waals surface area contributed by atoms with Crippen molar-refractivity contribution < 1.29 is 9.18 Å². The van der Waals surface area contributed by atoms with Crippen molar-refractivity contribution in [1.82, 2.24) is 10.2 Å². The minimum atomic E-state index is -0.298. The van der Waals surface area contributed by atoms with Crippen molar-refractivity contribution in [3.63, 3.8) is 0 Å². The van der Waals surface area contributed by atoms with Crippen LogP contribution in [0.3, 0.4) is 0 Å². The van der Waals surface area contributed by atoms with Gasteiger partial charge in [0.25, 0.3) is 0 Å². The topological polar surface area (TPSA) is 58.4 Å². The highest BCUT2D eigenvalue weighted by Crippen LogP contribution is 2.37. The predicted molar refractivity (Wildman–Crippen MR) is 85.8 cm³/mol. The Kier molecular flexibility index (Phi) is 4.47. The molecule has 22 heavy (non-hydrogen) atoms. The Labute approximate surface area is 131 Å². The van der Waals surface area contributed by atoms with Crippen LogP contribution >= 0.6 is 0 Å². The van der Waals surface area contributed by atoms with Crippen LogP contribution in [0.4, 0.5) is 9.18 Å². The van der Waals surface area contributed by atoms with Gasteiger partial charge in [-0.2, -0.15) is 0 Å². The third kappa shape index (κ3) is 3.58. The minimum absolute atomic E-state index is 0.103. The maximum atomic E-state index is 12.9. The number of rotatable bonds is 2. The van der Waals surface area contributed by atoms with Gasteiger partial charge >= 0.3 is 6.03 Å². The molecule has 1 aliphatic heterocycles. The molecule has 1 aromatic carbocycles. The number of nitrogens with one attached hydrogen (secondary N) is 1. The van der Waals surface area contributed by atoms with Crippen LogP contribution in [0.5, 0.6) is 0 Å². The third-order valence-electron chi connectivity index (χ3n) is 4.29. The summed E-state index contributed by atoms with van der Waals surface area (Å²) in [5, 5.41) is 2.94. The molecule has 0 aromatic heterocycles. The summed E-state index contributed by atoms with van der Waals surface area (Å²) in [5.41, 5.74) is 6.41. The van der Waals surface area contributed by atoms with Crippen molar-refractivity contribution in [3.8, 4) is 0 Å². The molecule has 1 aliphatic rings. The lowest BCUT2D eigenvalue weighted by atomic mass is 9.77. The third-order valence-corrected chi connectivity index (χ3v) is 4.29. The first kappa shape index (κ1) is 16.7. The zero-order valence-corrected chi connectivity index (χ0v) is 13.8. The molecule has 1 saturated heterocycles. The minimum Gasteiger partial charge on any atom is -0.334 e. The lowest BCUT2D eigenvalue weighted by Gasteiger charge is -2.54. The molecule has 3 N–H and O–H groups in total. The van der Waals surface area contributed by atoms with E-state index in [0.29, 0.717) is 6.54 Å². The normalized spacial score (nSPS) is 20.7. The molecule has 122 valence electrons. The molecule has 2 amide bonds. The number of urea groups is 1. The molecule has 1 aromatic rings. The van der Waals surface area contributed by atoms with Crippen molar-refractivity contribution in [2.45, 2.75) is 64.2 Å². The van der Waals surface area contributed by atoms with Crippen molar-refractivity contribution in [3.05, 3.63) is 35.6 Å². The quantitative estimate of drug-likeness (QED) is 0.882. The fourth-order valence-electron chi connectivity index (χ4n) is 3.77. The highest BCUT2D eigenvalue weighted by atomic mass is 19.1. The van der Waals surface area contributed by atoms with E-state index in [4.69, 9.17) is 5.73 Å². The Morgan fingerprint density at radius 3 is 2.23 bits per heavy atom. The molecule has 0 spiro atoms. The van der Waals surface area contributed by atoms with E-state index < -0.39 is 0 Å². The van der Waals surface area contributed by atoms with Crippen LogP contribution in [0.15, 0.2) is 24.3 Å². The Bertz CT molecular complexity index is 521. The first-order valence-electron chi connectivity index (χ1n) is 7.70. The van der Waals surface area contributed by atoms with Crippen LogP contribution < -0.4 is 11.1 Å². The van der Waals surface area contributed by atoms with Gasteiger partial charge in [-0.05, 0) is 58.2 Å². The molecule has 0 atom stereocenters. The molecule has 0 saturated carbocycles. The SMILES string of the molecule is CC1(C)CC(N)CC(C)(C)N1C(=O)NCc1ccc(F)cc1. The summed E-state index contributed by atoms with van der Waals surface area (Å²) in [5.74, 6) is -0.276. The van der Waals surface area contributed by atoms with Gasteiger partial charge in [-0.3, -0.25) is 0 Å². The summed E-state index contributed by atoms with van der Waals surface area (Å²) < 4.78 is 12.9. The van der Waals surface area contributed by atoms with Gasteiger partial charge in [-0.15, -0.1) is 0 Å². The van der Waals surface area contributed by atoms with E-state index in [1.165, 1.54) is 12.1 Å². The summed E-state index contributed by atoms with van der Waals surface area (Å²) in [4.78, 5) is 14.6. The highest BCUT2D eigenvalue weighted by molar-refractivity contribution is 5.76. The summed E-state index contributed by atoms with van der Waals surface area (Å²) in [6, 6.07) is 6.15. The number of carbonyl (C=O) groups is 1. The van der Waals surface area contributed by atoms with E-state index >= 15 is 0 Å². The van der Waals surface area contributed by atoms with E-state index in [1.54, 1.807) is 12.1 Å². The standard InChI is InChI=1S/C17H26FN3O/c1-16(2)9-14(19)10-17(3,4)21(16)15(22)20-11-12-5-7-13(18)8-6-12/h5-8,14H,9-11,19H2,1-4H3,(H,20,22). The summed E-state index contributed by atoms with van der Waals surface area (Å²) >= 11 is 0. The second kappa shape index (κ2) is 5.88. The largest absolute Gasteiger partial charge is 0.334 e. The van der Waals surface area contributed by atoms with E-state index in [9.17, 15) is 9.18 Å². The number of carbonyl (C=O) groups excluding carboxylic acids is 1. The van der Waals surface area contributed by atoms with Crippen LogP contribution in [-0.2, 0) is 6.54 Å². The first-order valence-corrected chi connectivity index (χ1v) is 7.70. The number of amides is 2. The molecule has 0 bridgehead atoms. The van der Waals surface area contributed by atoms with Gasteiger partial charge in [0.2, 0.25) is 0 Å². The van der Waals surface area contributed by atoms with Gasteiger partial charge in [-0.25, -0.2) is 9.18 Å². The predicted octanol–water partition coefficient (Wildman–Crippen LogP) is 3.02. The lowest BCUT2D eigenvalue weighted by molar-refractivity contribution is 0.00299. The van der Waals surface area contributed by atoms with Gasteiger partial charge in [0, 0.05) is 23.7 Å². The molecule has 0 aliphatic carbocycles. The van der Waals surface area contributed by atoms with Gasteiger partial charge in [-0.1, -0.05) is 12.1 Å². The second-order valence-electron chi connectivity index (χ2n) is 7.41. The number of hydrogen-bond donors (Lipinski definition) is 2. The molecular weight excluding hydrogens is 281 g/mol.